The minimum atomic E-state index is -0.133. The van der Waals surface area contributed by atoms with E-state index in [1.807, 2.05) is 30.3 Å². The number of nitrogens with one attached hydrogen (secondary N) is 1. The van der Waals surface area contributed by atoms with E-state index in [0.717, 1.165) is 29.8 Å². The first-order chi connectivity index (χ1) is 13.0. The lowest BCUT2D eigenvalue weighted by Crippen LogP contribution is -2.26. The monoisotopic (exact) mass is 381 g/mol. The number of unbranched alkanes of at least 4 members (excludes halogenated alkanes) is 1. The summed E-state index contributed by atoms with van der Waals surface area (Å²) in [5, 5.41) is 8.29. The van der Waals surface area contributed by atoms with Gasteiger partial charge in [0.05, 0.1) is 11.4 Å². The maximum Gasteiger partial charge on any atom is 0.270 e. The van der Waals surface area contributed by atoms with Crippen LogP contribution in [0.5, 0.6) is 0 Å². The first-order valence-corrected chi connectivity index (χ1v) is 9.59. The van der Waals surface area contributed by atoms with Gasteiger partial charge in [0.2, 0.25) is 0 Å². The maximum absolute atomic E-state index is 12.8. The molecule has 0 aliphatic carbocycles. The largest absolute Gasteiger partial charge is 0.351 e. The van der Waals surface area contributed by atoms with Crippen molar-refractivity contribution >= 4 is 17.5 Å². The molecule has 1 amide bonds. The molecule has 3 aromatic rings. The lowest BCUT2D eigenvalue weighted by Gasteiger charge is -2.08. The van der Waals surface area contributed by atoms with Gasteiger partial charge >= 0.3 is 0 Å². The van der Waals surface area contributed by atoms with E-state index in [9.17, 15) is 4.79 Å². The van der Waals surface area contributed by atoms with Gasteiger partial charge in [0.1, 0.15) is 5.69 Å². The van der Waals surface area contributed by atoms with E-state index in [1.54, 1.807) is 10.7 Å². The first kappa shape index (κ1) is 19.2. The van der Waals surface area contributed by atoms with Crippen LogP contribution >= 0.6 is 11.6 Å². The average Bonchev–Trinajstić information content (AvgIpc) is 3.10. The summed E-state index contributed by atoms with van der Waals surface area (Å²) in [5.41, 5.74) is 5.43. The number of nitrogens with zero attached hydrogens (tertiary/aromatic N) is 2. The van der Waals surface area contributed by atoms with Crippen LogP contribution in [0.4, 0.5) is 0 Å². The standard InChI is InChI=1S/C22H24ClN3O/c1-4-5-11-24-22(27)21-14-20(17-10-9-15(2)16(3)12-17)25-26(21)19-8-6-7-18(23)13-19/h6-10,12-14H,4-5,11H2,1-3H3,(H,24,27). The quantitative estimate of drug-likeness (QED) is 0.586. The summed E-state index contributed by atoms with van der Waals surface area (Å²) in [6.07, 6.45) is 1.97. The van der Waals surface area contributed by atoms with Gasteiger partial charge in [-0.15, -0.1) is 0 Å². The van der Waals surface area contributed by atoms with E-state index in [0.29, 0.717) is 17.3 Å². The Morgan fingerprint density at radius 2 is 1.93 bits per heavy atom. The molecule has 3 rings (SSSR count). The first-order valence-electron chi connectivity index (χ1n) is 9.21. The molecular weight excluding hydrogens is 358 g/mol. The molecular formula is C22H24ClN3O. The summed E-state index contributed by atoms with van der Waals surface area (Å²) in [5.74, 6) is -0.133. The van der Waals surface area contributed by atoms with Gasteiger partial charge in [-0.2, -0.15) is 5.10 Å². The van der Waals surface area contributed by atoms with Crippen molar-refractivity contribution in [2.45, 2.75) is 33.6 Å². The molecule has 0 aliphatic heterocycles. The highest BCUT2D eigenvalue weighted by Gasteiger charge is 2.18. The van der Waals surface area contributed by atoms with Gasteiger partial charge in [-0.05, 0) is 61.7 Å². The van der Waals surface area contributed by atoms with E-state index in [1.165, 1.54) is 11.1 Å². The van der Waals surface area contributed by atoms with Crippen LogP contribution in [-0.2, 0) is 0 Å². The predicted molar refractivity (Wildman–Crippen MR) is 111 cm³/mol. The molecule has 0 bridgehead atoms. The lowest BCUT2D eigenvalue weighted by atomic mass is 10.0. The van der Waals surface area contributed by atoms with Gasteiger partial charge in [-0.3, -0.25) is 4.79 Å². The van der Waals surface area contributed by atoms with Crippen molar-refractivity contribution in [1.82, 2.24) is 15.1 Å². The Labute approximate surface area is 165 Å². The highest BCUT2D eigenvalue weighted by atomic mass is 35.5. The lowest BCUT2D eigenvalue weighted by molar-refractivity contribution is 0.0945. The zero-order chi connectivity index (χ0) is 19.4. The summed E-state index contributed by atoms with van der Waals surface area (Å²) in [7, 11) is 0. The second-order valence-electron chi connectivity index (χ2n) is 6.71. The number of aryl methyl sites for hydroxylation is 2. The fourth-order valence-corrected chi connectivity index (χ4v) is 3.04. The van der Waals surface area contributed by atoms with E-state index in [-0.39, 0.29) is 5.91 Å². The third-order valence-corrected chi connectivity index (χ3v) is 4.85. The smallest absolute Gasteiger partial charge is 0.270 e. The Hall–Kier alpha value is -2.59. The third kappa shape index (κ3) is 4.40. The number of rotatable bonds is 6. The Kier molecular flexibility index (Phi) is 5.97. The van der Waals surface area contributed by atoms with Crippen molar-refractivity contribution in [3.8, 4) is 16.9 Å². The van der Waals surface area contributed by atoms with E-state index in [2.05, 4.69) is 38.2 Å². The molecule has 2 aromatic carbocycles. The van der Waals surface area contributed by atoms with Crippen LogP contribution in [0.2, 0.25) is 5.02 Å². The van der Waals surface area contributed by atoms with Crippen molar-refractivity contribution < 1.29 is 4.79 Å². The second kappa shape index (κ2) is 8.40. The molecule has 140 valence electrons. The van der Waals surface area contributed by atoms with Crippen molar-refractivity contribution in [1.29, 1.82) is 0 Å². The molecule has 27 heavy (non-hydrogen) atoms. The van der Waals surface area contributed by atoms with Gasteiger partial charge in [0.15, 0.2) is 0 Å². The topological polar surface area (TPSA) is 46.9 Å². The molecule has 1 heterocycles. The summed E-state index contributed by atoms with van der Waals surface area (Å²) in [4.78, 5) is 12.8. The van der Waals surface area contributed by atoms with E-state index in [4.69, 9.17) is 16.7 Å². The van der Waals surface area contributed by atoms with Crippen molar-refractivity contribution in [3.63, 3.8) is 0 Å². The van der Waals surface area contributed by atoms with Crippen LogP contribution in [0.3, 0.4) is 0 Å². The van der Waals surface area contributed by atoms with Crippen molar-refractivity contribution in [2.75, 3.05) is 6.54 Å². The normalized spacial score (nSPS) is 10.8. The SMILES string of the molecule is CCCCNC(=O)c1cc(-c2ccc(C)c(C)c2)nn1-c1cccc(Cl)c1. The Morgan fingerprint density at radius 3 is 2.63 bits per heavy atom. The molecule has 0 radical (unpaired) electrons. The Morgan fingerprint density at radius 1 is 1.11 bits per heavy atom. The number of carbonyl (C=O) groups excluding carboxylic acids is 1. The van der Waals surface area contributed by atoms with Crippen LogP contribution < -0.4 is 5.32 Å². The highest BCUT2D eigenvalue weighted by molar-refractivity contribution is 6.30. The average molecular weight is 382 g/mol. The summed E-state index contributed by atoms with van der Waals surface area (Å²) in [6.45, 7) is 6.90. The Balaban J connectivity index is 2.05. The van der Waals surface area contributed by atoms with Crippen LogP contribution in [-0.4, -0.2) is 22.2 Å². The van der Waals surface area contributed by atoms with Crippen LogP contribution in [0.15, 0.2) is 48.5 Å². The van der Waals surface area contributed by atoms with Gasteiger partial charge in [0.25, 0.3) is 5.91 Å². The van der Waals surface area contributed by atoms with Crippen LogP contribution in [0, 0.1) is 13.8 Å². The number of hydrogen-bond acceptors (Lipinski definition) is 2. The molecule has 0 atom stereocenters. The number of hydrogen-bond donors (Lipinski definition) is 1. The minimum Gasteiger partial charge on any atom is -0.351 e. The predicted octanol–water partition coefficient (Wildman–Crippen LogP) is 5.34. The summed E-state index contributed by atoms with van der Waals surface area (Å²) in [6, 6.07) is 15.4. The van der Waals surface area contributed by atoms with Crippen molar-refractivity contribution in [2.24, 2.45) is 0 Å². The zero-order valence-electron chi connectivity index (χ0n) is 15.9. The molecule has 0 aliphatic rings. The molecule has 0 fully saturated rings. The number of halogens is 1. The van der Waals surface area contributed by atoms with E-state index >= 15 is 0 Å². The van der Waals surface area contributed by atoms with Gasteiger partial charge in [0, 0.05) is 17.1 Å². The molecule has 1 N–H and O–H groups in total. The number of benzene rings is 2. The minimum absolute atomic E-state index is 0.133. The Bertz CT molecular complexity index is 962. The molecule has 5 heteroatoms. The fourth-order valence-electron chi connectivity index (χ4n) is 2.86. The summed E-state index contributed by atoms with van der Waals surface area (Å²) < 4.78 is 1.66. The third-order valence-electron chi connectivity index (χ3n) is 4.61. The van der Waals surface area contributed by atoms with Gasteiger partial charge in [-0.25, -0.2) is 4.68 Å². The number of carbonyl (C=O) groups is 1. The van der Waals surface area contributed by atoms with Gasteiger partial charge < -0.3 is 5.32 Å². The maximum atomic E-state index is 12.8. The number of amides is 1. The highest BCUT2D eigenvalue weighted by Crippen LogP contribution is 2.25. The van der Waals surface area contributed by atoms with Crippen LogP contribution in [0.25, 0.3) is 16.9 Å². The molecule has 0 spiro atoms. The van der Waals surface area contributed by atoms with Crippen molar-refractivity contribution in [3.05, 3.63) is 70.4 Å². The molecule has 1 aromatic heterocycles. The van der Waals surface area contributed by atoms with E-state index < -0.39 is 0 Å². The molecule has 4 nitrogen and oxygen atoms in total. The number of aromatic nitrogens is 2. The molecule has 0 saturated heterocycles. The van der Waals surface area contributed by atoms with Gasteiger partial charge in [-0.1, -0.05) is 43.1 Å². The summed E-state index contributed by atoms with van der Waals surface area (Å²) >= 11 is 6.15. The zero-order valence-corrected chi connectivity index (χ0v) is 16.7. The molecule has 0 saturated carbocycles. The molecule has 0 unspecified atom stereocenters. The fraction of sp³-hybridized carbons (Fsp3) is 0.273. The van der Waals surface area contributed by atoms with Crippen LogP contribution in [0.1, 0.15) is 41.4 Å². The second-order valence-corrected chi connectivity index (χ2v) is 7.15.